The molecule has 0 aromatic heterocycles. The van der Waals surface area contributed by atoms with E-state index < -0.39 is 0 Å². The summed E-state index contributed by atoms with van der Waals surface area (Å²) >= 11 is 1.96. The molecule has 188 valence electrons. The van der Waals surface area contributed by atoms with Crippen LogP contribution in [0.4, 0.5) is 0 Å². The third-order valence-corrected chi connectivity index (χ3v) is 7.24. The molecule has 0 N–H and O–H groups in total. The average molecular weight is 537 g/mol. The van der Waals surface area contributed by atoms with Gasteiger partial charge in [-0.2, -0.15) is 11.8 Å². The largest absolute Gasteiger partial charge is 1.00 e. The number of thioether (sulfide) groups is 1. The highest BCUT2D eigenvalue weighted by Gasteiger charge is 2.24. The lowest BCUT2D eigenvalue weighted by molar-refractivity contribution is -0.929. The number of benzene rings is 2. The second-order valence-corrected chi connectivity index (χ2v) is 10.1. The number of hydrogen-bond donors (Lipinski definition) is 0. The van der Waals surface area contributed by atoms with Gasteiger partial charge >= 0.3 is 0 Å². The zero-order chi connectivity index (χ0) is 23.3. The van der Waals surface area contributed by atoms with Crippen molar-refractivity contribution in [3.05, 3.63) is 71.8 Å². The molecule has 0 radical (unpaired) electrons. The van der Waals surface area contributed by atoms with E-state index >= 15 is 0 Å². The van der Waals surface area contributed by atoms with E-state index in [1.807, 2.05) is 11.8 Å². The Hall–Kier alpha value is -0.770. The molecular formula is C30H50BrNS. The Morgan fingerprint density at radius 1 is 0.515 bits per heavy atom. The lowest BCUT2D eigenvalue weighted by Gasteiger charge is -2.39. The molecule has 0 heterocycles. The molecule has 0 bridgehead atoms. The van der Waals surface area contributed by atoms with E-state index in [-0.39, 0.29) is 17.0 Å². The molecule has 1 nitrogen and oxygen atoms in total. The van der Waals surface area contributed by atoms with Crippen molar-refractivity contribution in [3.63, 3.8) is 0 Å². The molecule has 0 fully saturated rings. The van der Waals surface area contributed by atoms with Crippen molar-refractivity contribution in [2.45, 2.75) is 90.6 Å². The first kappa shape index (κ1) is 32.2. The highest BCUT2D eigenvalue weighted by Crippen LogP contribution is 2.18. The predicted molar refractivity (Wildman–Crippen MR) is 147 cm³/mol. The van der Waals surface area contributed by atoms with E-state index in [0.717, 1.165) is 11.5 Å². The minimum absolute atomic E-state index is 0. The molecule has 2 aromatic rings. The van der Waals surface area contributed by atoms with Gasteiger partial charge in [0.05, 0.1) is 26.2 Å². The standard InChI is InChI=1S/C16H36N.C14H14S.BrH/c1-5-9-13-17(14-10-6-2,15-11-7-3)16-12-8-4;1-3-7-13(8-4-1)11-15-12-14-9-5-2-6-10-14;/h5-16H2,1-4H3;1-10H,11-12H2;1H/q+1;;/p-1. The Kier molecular flexibility index (Phi) is 21.2. The minimum atomic E-state index is 0. The number of unbranched alkanes of at least 4 members (excludes halogenated alkanes) is 4. The normalized spacial score (nSPS) is 10.8. The number of quaternary nitrogens is 1. The van der Waals surface area contributed by atoms with Crippen LogP contribution in [0.15, 0.2) is 60.7 Å². The Labute approximate surface area is 221 Å². The van der Waals surface area contributed by atoms with Crippen LogP contribution in [0.5, 0.6) is 0 Å². The van der Waals surface area contributed by atoms with Gasteiger partial charge in [-0.25, -0.2) is 0 Å². The summed E-state index contributed by atoms with van der Waals surface area (Å²) in [6.07, 6.45) is 11.1. The number of hydrogen-bond acceptors (Lipinski definition) is 1. The molecule has 0 saturated heterocycles. The Bertz CT molecular complexity index is 570. The highest BCUT2D eigenvalue weighted by atomic mass is 79.9. The lowest BCUT2D eigenvalue weighted by Crippen LogP contribution is -3.00. The van der Waals surface area contributed by atoms with Crippen LogP contribution in [0.25, 0.3) is 0 Å². The van der Waals surface area contributed by atoms with Crippen LogP contribution in [-0.2, 0) is 11.5 Å². The number of nitrogens with zero attached hydrogens (tertiary/aromatic N) is 1. The average Bonchev–Trinajstić information content (AvgIpc) is 2.85. The molecule has 0 aliphatic carbocycles. The molecule has 0 aliphatic rings. The van der Waals surface area contributed by atoms with E-state index in [1.165, 1.54) is 93.2 Å². The predicted octanol–water partition coefficient (Wildman–Crippen LogP) is 6.13. The quantitative estimate of drug-likeness (QED) is 0.233. The summed E-state index contributed by atoms with van der Waals surface area (Å²) in [6, 6.07) is 21.2. The van der Waals surface area contributed by atoms with E-state index in [9.17, 15) is 0 Å². The van der Waals surface area contributed by atoms with Crippen LogP contribution >= 0.6 is 11.8 Å². The Morgan fingerprint density at radius 2 is 0.818 bits per heavy atom. The van der Waals surface area contributed by atoms with Gasteiger partial charge < -0.3 is 21.5 Å². The maximum absolute atomic E-state index is 2.33. The maximum Gasteiger partial charge on any atom is 0.0786 e. The first-order chi connectivity index (χ1) is 15.7. The van der Waals surface area contributed by atoms with Gasteiger partial charge in [0.1, 0.15) is 0 Å². The molecule has 2 rings (SSSR count). The highest BCUT2D eigenvalue weighted by molar-refractivity contribution is 7.97. The summed E-state index contributed by atoms with van der Waals surface area (Å²) in [5, 5.41) is 0. The molecule has 0 saturated carbocycles. The Morgan fingerprint density at radius 3 is 1.09 bits per heavy atom. The summed E-state index contributed by atoms with van der Waals surface area (Å²) in [4.78, 5) is 0. The van der Waals surface area contributed by atoms with Gasteiger partial charge in [-0.3, -0.25) is 0 Å². The maximum atomic E-state index is 2.33. The molecule has 33 heavy (non-hydrogen) atoms. The minimum Gasteiger partial charge on any atom is -1.00 e. The van der Waals surface area contributed by atoms with Crippen molar-refractivity contribution in [1.82, 2.24) is 0 Å². The van der Waals surface area contributed by atoms with Crippen molar-refractivity contribution in [2.75, 3.05) is 26.2 Å². The molecule has 2 aromatic carbocycles. The second kappa shape index (κ2) is 21.7. The van der Waals surface area contributed by atoms with Crippen molar-refractivity contribution in [1.29, 1.82) is 0 Å². The van der Waals surface area contributed by atoms with Crippen LogP contribution < -0.4 is 17.0 Å². The molecule has 3 heteroatoms. The molecule has 0 spiro atoms. The van der Waals surface area contributed by atoms with E-state index in [2.05, 4.69) is 88.4 Å². The van der Waals surface area contributed by atoms with Gasteiger partial charge in [-0.1, -0.05) is 114 Å². The summed E-state index contributed by atoms with van der Waals surface area (Å²) in [5.74, 6) is 2.19. The van der Waals surface area contributed by atoms with E-state index in [4.69, 9.17) is 0 Å². The summed E-state index contributed by atoms with van der Waals surface area (Å²) in [6.45, 7) is 15.0. The van der Waals surface area contributed by atoms with Crippen molar-refractivity contribution in [3.8, 4) is 0 Å². The third-order valence-electron chi connectivity index (χ3n) is 6.17. The van der Waals surface area contributed by atoms with Gasteiger partial charge in [-0.05, 0) is 36.8 Å². The zero-order valence-electron chi connectivity index (χ0n) is 21.9. The SMILES string of the molecule is CCCC[N+](CCCC)(CCCC)CCCC.[Br-].c1ccc(CSCc2ccccc2)cc1. The Balaban J connectivity index is 0.000000604. The smallest absolute Gasteiger partial charge is 0.0786 e. The van der Waals surface area contributed by atoms with Gasteiger partial charge in [0.25, 0.3) is 0 Å². The van der Waals surface area contributed by atoms with Crippen LogP contribution in [0.1, 0.15) is 90.2 Å². The second-order valence-electron chi connectivity index (χ2n) is 9.11. The van der Waals surface area contributed by atoms with Crippen LogP contribution in [-0.4, -0.2) is 30.7 Å². The first-order valence-electron chi connectivity index (χ1n) is 13.2. The van der Waals surface area contributed by atoms with E-state index in [0.29, 0.717) is 0 Å². The summed E-state index contributed by atoms with van der Waals surface area (Å²) in [5.41, 5.74) is 2.80. The fraction of sp³-hybridized carbons (Fsp3) is 0.600. The van der Waals surface area contributed by atoms with Crippen molar-refractivity contribution < 1.29 is 21.5 Å². The number of rotatable bonds is 16. The monoisotopic (exact) mass is 535 g/mol. The van der Waals surface area contributed by atoms with Gasteiger partial charge in [-0.15, -0.1) is 0 Å². The van der Waals surface area contributed by atoms with Gasteiger partial charge in [0.2, 0.25) is 0 Å². The van der Waals surface area contributed by atoms with E-state index in [1.54, 1.807) is 0 Å². The third kappa shape index (κ3) is 15.7. The van der Waals surface area contributed by atoms with Crippen LogP contribution in [0.3, 0.4) is 0 Å². The van der Waals surface area contributed by atoms with Crippen molar-refractivity contribution >= 4 is 11.8 Å². The molecule has 0 unspecified atom stereocenters. The zero-order valence-corrected chi connectivity index (χ0v) is 24.3. The van der Waals surface area contributed by atoms with Gasteiger partial charge in [0, 0.05) is 11.5 Å². The summed E-state index contributed by atoms with van der Waals surface area (Å²) < 4.78 is 1.42. The van der Waals surface area contributed by atoms with Crippen LogP contribution in [0, 0.1) is 0 Å². The first-order valence-corrected chi connectivity index (χ1v) is 14.4. The lowest BCUT2D eigenvalue weighted by atomic mass is 10.1. The fourth-order valence-corrected chi connectivity index (χ4v) is 5.04. The molecule has 0 atom stereocenters. The van der Waals surface area contributed by atoms with Crippen LogP contribution in [0.2, 0.25) is 0 Å². The van der Waals surface area contributed by atoms with Crippen molar-refractivity contribution in [2.24, 2.45) is 0 Å². The topological polar surface area (TPSA) is 0 Å². The summed E-state index contributed by atoms with van der Waals surface area (Å²) in [7, 11) is 0. The molecular weight excluding hydrogens is 486 g/mol. The fourth-order valence-electron chi connectivity index (χ4n) is 4.08. The molecule has 0 aliphatic heterocycles. The number of halogens is 1. The molecule has 0 amide bonds. The van der Waals surface area contributed by atoms with Gasteiger partial charge in [0.15, 0.2) is 0 Å².